The van der Waals surface area contributed by atoms with Gasteiger partial charge in [-0.25, -0.2) is 4.79 Å². The molecule has 0 amide bonds. The summed E-state index contributed by atoms with van der Waals surface area (Å²) < 4.78 is 9.70. The number of halogens is 1. The first-order valence-electron chi connectivity index (χ1n) is 5.10. The number of aromatic nitrogens is 1. The molecule has 5 heteroatoms. The predicted octanol–water partition coefficient (Wildman–Crippen LogP) is 3.17. The van der Waals surface area contributed by atoms with Crippen LogP contribution in [-0.4, -0.2) is 17.7 Å². The molecule has 0 fully saturated rings. The van der Waals surface area contributed by atoms with Gasteiger partial charge in [0.2, 0.25) is 0 Å². The van der Waals surface area contributed by atoms with Crippen LogP contribution >= 0.6 is 11.6 Å². The van der Waals surface area contributed by atoms with Crippen molar-refractivity contribution in [3.63, 3.8) is 0 Å². The molecule has 0 aliphatic carbocycles. The Morgan fingerprint density at radius 3 is 2.88 bits per heavy atom. The summed E-state index contributed by atoms with van der Waals surface area (Å²) >= 11 is 6.05. The van der Waals surface area contributed by atoms with Crippen LogP contribution < -0.4 is 0 Å². The first-order valence-corrected chi connectivity index (χ1v) is 5.48. The monoisotopic (exact) mass is 251 g/mol. The molecule has 2 aromatic rings. The lowest BCUT2D eigenvalue weighted by Crippen LogP contribution is -2.06. The summed E-state index contributed by atoms with van der Waals surface area (Å²) in [5.41, 5.74) is 1.37. The zero-order chi connectivity index (χ0) is 12.3. The van der Waals surface area contributed by atoms with Crippen LogP contribution in [0.25, 0.3) is 11.1 Å². The van der Waals surface area contributed by atoms with E-state index >= 15 is 0 Å². The fraction of sp³-hybridized carbons (Fsp3) is 0.167. The number of ether oxygens (including phenoxy) is 1. The summed E-state index contributed by atoms with van der Waals surface area (Å²) in [7, 11) is 0. The van der Waals surface area contributed by atoms with E-state index in [9.17, 15) is 4.79 Å². The Bertz CT molecular complexity index is 536. The van der Waals surface area contributed by atoms with Gasteiger partial charge >= 0.3 is 5.97 Å². The van der Waals surface area contributed by atoms with Gasteiger partial charge in [-0.05, 0) is 13.0 Å². The van der Waals surface area contributed by atoms with E-state index in [0.717, 1.165) is 0 Å². The van der Waals surface area contributed by atoms with Gasteiger partial charge in [-0.3, -0.25) is 0 Å². The van der Waals surface area contributed by atoms with Crippen molar-refractivity contribution in [1.29, 1.82) is 0 Å². The molecule has 1 aromatic heterocycles. The third-order valence-corrected chi connectivity index (χ3v) is 2.53. The van der Waals surface area contributed by atoms with Crippen LogP contribution in [0.4, 0.5) is 0 Å². The maximum Gasteiger partial charge on any atom is 0.361 e. The molecule has 0 atom stereocenters. The average molecular weight is 252 g/mol. The maximum absolute atomic E-state index is 11.6. The summed E-state index contributed by atoms with van der Waals surface area (Å²) in [4.78, 5) is 11.6. The summed E-state index contributed by atoms with van der Waals surface area (Å²) in [5.74, 6) is -0.517. The number of hydrogen-bond donors (Lipinski definition) is 0. The average Bonchev–Trinajstić information content (AvgIpc) is 2.79. The number of benzene rings is 1. The number of esters is 1. The molecule has 0 aliphatic rings. The minimum Gasteiger partial charge on any atom is -0.461 e. The molecule has 0 saturated heterocycles. The van der Waals surface area contributed by atoms with E-state index in [2.05, 4.69) is 5.16 Å². The van der Waals surface area contributed by atoms with Gasteiger partial charge in [0.25, 0.3) is 0 Å². The molecular formula is C12H10ClNO3. The van der Waals surface area contributed by atoms with Gasteiger partial charge < -0.3 is 9.26 Å². The number of hydrogen-bond acceptors (Lipinski definition) is 4. The summed E-state index contributed by atoms with van der Waals surface area (Å²) in [5, 5.41) is 4.17. The largest absolute Gasteiger partial charge is 0.461 e. The molecule has 0 unspecified atom stereocenters. The topological polar surface area (TPSA) is 52.3 Å². The molecule has 4 nitrogen and oxygen atoms in total. The van der Waals surface area contributed by atoms with E-state index in [1.165, 1.54) is 6.26 Å². The Labute approximate surface area is 103 Å². The molecule has 0 bridgehead atoms. The van der Waals surface area contributed by atoms with E-state index in [4.69, 9.17) is 20.9 Å². The molecule has 1 heterocycles. The Kier molecular flexibility index (Phi) is 3.44. The Balaban J connectivity index is 2.44. The molecule has 88 valence electrons. The lowest BCUT2D eigenvalue weighted by Gasteiger charge is -2.03. The molecule has 17 heavy (non-hydrogen) atoms. The van der Waals surface area contributed by atoms with Crippen LogP contribution in [0.5, 0.6) is 0 Å². The van der Waals surface area contributed by atoms with Gasteiger partial charge in [0.05, 0.1) is 12.2 Å². The summed E-state index contributed by atoms with van der Waals surface area (Å²) in [6.45, 7) is 2.01. The second-order valence-corrected chi connectivity index (χ2v) is 3.68. The minimum atomic E-state index is -0.517. The lowest BCUT2D eigenvalue weighted by molar-refractivity contribution is 0.0515. The molecule has 0 saturated carbocycles. The standard InChI is InChI=1S/C12H10ClNO3/c1-2-16-12(15)11-9(7-17-14-11)8-5-3-4-6-10(8)13/h3-7H,2H2,1H3. The fourth-order valence-corrected chi connectivity index (χ4v) is 1.69. The van der Waals surface area contributed by atoms with E-state index in [1.54, 1.807) is 19.1 Å². The molecule has 2 rings (SSSR count). The van der Waals surface area contributed by atoms with Crippen molar-refractivity contribution in [3.8, 4) is 11.1 Å². The smallest absolute Gasteiger partial charge is 0.361 e. The van der Waals surface area contributed by atoms with Gasteiger partial charge in [-0.15, -0.1) is 0 Å². The normalized spacial score (nSPS) is 10.2. The van der Waals surface area contributed by atoms with Crippen molar-refractivity contribution in [3.05, 3.63) is 41.2 Å². The predicted molar refractivity (Wildman–Crippen MR) is 62.9 cm³/mol. The summed E-state index contributed by atoms with van der Waals surface area (Å²) in [6.07, 6.45) is 1.38. The Morgan fingerprint density at radius 2 is 2.18 bits per heavy atom. The zero-order valence-electron chi connectivity index (χ0n) is 9.14. The minimum absolute atomic E-state index is 0.139. The van der Waals surface area contributed by atoms with Crippen molar-refractivity contribution in [2.24, 2.45) is 0 Å². The highest BCUT2D eigenvalue weighted by molar-refractivity contribution is 6.33. The van der Waals surface area contributed by atoms with E-state index in [-0.39, 0.29) is 12.3 Å². The second-order valence-electron chi connectivity index (χ2n) is 3.28. The molecule has 1 aromatic carbocycles. The number of carbonyl (C=O) groups excluding carboxylic acids is 1. The molecule has 0 spiro atoms. The number of rotatable bonds is 3. The lowest BCUT2D eigenvalue weighted by atomic mass is 10.1. The first kappa shape index (κ1) is 11.7. The van der Waals surface area contributed by atoms with Crippen LogP contribution in [0.1, 0.15) is 17.4 Å². The highest BCUT2D eigenvalue weighted by atomic mass is 35.5. The van der Waals surface area contributed by atoms with Gasteiger partial charge in [0, 0.05) is 10.6 Å². The third-order valence-electron chi connectivity index (χ3n) is 2.20. The van der Waals surface area contributed by atoms with Gasteiger partial charge in [-0.2, -0.15) is 0 Å². The van der Waals surface area contributed by atoms with Crippen LogP contribution in [-0.2, 0) is 4.74 Å². The SMILES string of the molecule is CCOC(=O)c1nocc1-c1ccccc1Cl. The van der Waals surface area contributed by atoms with Crippen molar-refractivity contribution < 1.29 is 14.1 Å². The molecule has 0 radical (unpaired) electrons. The zero-order valence-corrected chi connectivity index (χ0v) is 9.90. The van der Waals surface area contributed by atoms with Gasteiger partial charge in [0.15, 0.2) is 5.69 Å². The van der Waals surface area contributed by atoms with E-state index in [0.29, 0.717) is 16.1 Å². The van der Waals surface area contributed by atoms with Crippen LogP contribution in [0, 0.1) is 0 Å². The van der Waals surface area contributed by atoms with Crippen molar-refractivity contribution >= 4 is 17.6 Å². The van der Waals surface area contributed by atoms with Crippen LogP contribution in [0.2, 0.25) is 5.02 Å². The highest BCUT2D eigenvalue weighted by Crippen LogP contribution is 2.30. The van der Waals surface area contributed by atoms with Crippen LogP contribution in [0.15, 0.2) is 35.1 Å². The van der Waals surface area contributed by atoms with Crippen molar-refractivity contribution in [2.45, 2.75) is 6.92 Å². The van der Waals surface area contributed by atoms with Crippen molar-refractivity contribution in [2.75, 3.05) is 6.61 Å². The van der Waals surface area contributed by atoms with Crippen molar-refractivity contribution in [1.82, 2.24) is 5.16 Å². The van der Waals surface area contributed by atoms with Gasteiger partial charge in [-0.1, -0.05) is 35.0 Å². The van der Waals surface area contributed by atoms with Gasteiger partial charge in [0.1, 0.15) is 6.26 Å². The quantitative estimate of drug-likeness (QED) is 0.787. The Morgan fingerprint density at radius 1 is 1.41 bits per heavy atom. The Hall–Kier alpha value is -1.81. The first-order chi connectivity index (χ1) is 8.24. The fourth-order valence-electron chi connectivity index (χ4n) is 1.45. The second kappa shape index (κ2) is 5.01. The van der Waals surface area contributed by atoms with E-state index < -0.39 is 5.97 Å². The summed E-state index contributed by atoms with van der Waals surface area (Å²) in [6, 6.07) is 7.16. The molecule has 0 aliphatic heterocycles. The number of carbonyl (C=O) groups is 1. The third kappa shape index (κ3) is 2.31. The van der Waals surface area contributed by atoms with E-state index in [1.807, 2.05) is 12.1 Å². The van der Waals surface area contributed by atoms with Crippen LogP contribution in [0.3, 0.4) is 0 Å². The molecule has 0 N–H and O–H groups in total. The maximum atomic E-state index is 11.6. The highest BCUT2D eigenvalue weighted by Gasteiger charge is 2.20. The molecular weight excluding hydrogens is 242 g/mol. The number of nitrogens with zero attached hydrogens (tertiary/aromatic N) is 1.